The van der Waals surface area contributed by atoms with E-state index in [1.165, 1.54) is 6.08 Å². The molecule has 0 atom stereocenters. The molecule has 176 valence electrons. The summed E-state index contributed by atoms with van der Waals surface area (Å²) in [5, 5.41) is 9.66. The molecule has 0 aromatic heterocycles. The van der Waals surface area contributed by atoms with Gasteiger partial charge in [0.2, 0.25) is 0 Å². The summed E-state index contributed by atoms with van der Waals surface area (Å²) in [5.74, 6) is -1.92. The Balaban J connectivity index is 1.66. The van der Waals surface area contributed by atoms with E-state index in [1.54, 1.807) is 31.2 Å². The zero-order valence-electron chi connectivity index (χ0n) is 19.0. The van der Waals surface area contributed by atoms with E-state index in [-0.39, 0.29) is 23.3 Å². The van der Waals surface area contributed by atoms with Gasteiger partial charge in [-0.05, 0) is 73.6 Å². The molecular weight excluding hydrogens is 425 g/mol. The molecule has 1 saturated carbocycles. The first-order valence-corrected chi connectivity index (χ1v) is 11.4. The molecule has 1 aliphatic carbocycles. The van der Waals surface area contributed by atoms with E-state index in [0.29, 0.717) is 61.8 Å². The van der Waals surface area contributed by atoms with Crippen LogP contribution in [0.1, 0.15) is 56.1 Å². The molecule has 1 fully saturated rings. The number of halogens is 3. The number of hydrogen-bond acceptors (Lipinski definition) is 2. The first kappa shape index (κ1) is 24.8. The van der Waals surface area contributed by atoms with Crippen molar-refractivity contribution in [2.75, 3.05) is 6.61 Å². The molecule has 33 heavy (non-hydrogen) atoms. The van der Waals surface area contributed by atoms with E-state index in [0.717, 1.165) is 5.56 Å². The lowest BCUT2D eigenvalue weighted by molar-refractivity contribution is 0.122. The van der Waals surface area contributed by atoms with Gasteiger partial charge in [0.25, 0.3) is 0 Å². The number of aliphatic hydroxyl groups is 1. The summed E-state index contributed by atoms with van der Waals surface area (Å²) in [7, 11) is 0. The van der Waals surface area contributed by atoms with Crippen LogP contribution in [-0.4, -0.2) is 17.8 Å². The van der Waals surface area contributed by atoms with Crippen molar-refractivity contribution < 1.29 is 23.0 Å². The van der Waals surface area contributed by atoms with Crippen LogP contribution in [0.15, 0.2) is 72.8 Å². The van der Waals surface area contributed by atoms with Gasteiger partial charge in [-0.25, -0.2) is 13.2 Å². The van der Waals surface area contributed by atoms with Gasteiger partial charge in [-0.3, -0.25) is 0 Å². The third-order valence-corrected chi connectivity index (χ3v) is 6.18. The lowest BCUT2D eigenvalue weighted by atomic mass is 9.82. The molecule has 0 heterocycles. The Labute approximate surface area is 194 Å². The maximum atomic E-state index is 14.9. The Morgan fingerprint density at radius 1 is 1.03 bits per heavy atom. The van der Waals surface area contributed by atoms with Crippen molar-refractivity contribution >= 4 is 0 Å². The third kappa shape index (κ3) is 6.38. The van der Waals surface area contributed by atoms with Crippen LogP contribution in [0.3, 0.4) is 0 Å². The van der Waals surface area contributed by atoms with Crippen LogP contribution in [0.5, 0.6) is 0 Å². The fourth-order valence-corrected chi connectivity index (χ4v) is 4.23. The minimum absolute atomic E-state index is 0.0624. The van der Waals surface area contributed by atoms with Crippen LogP contribution in [0.2, 0.25) is 0 Å². The lowest BCUT2D eigenvalue weighted by Gasteiger charge is -2.26. The van der Waals surface area contributed by atoms with Crippen LogP contribution in [0.4, 0.5) is 13.2 Å². The third-order valence-electron chi connectivity index (χ3n) is 6.18. The Morgan fingerprint density at radius 2 is 1.70 bits per heavy atom. The number of rotatable bonds is 9. The molecule has 0 radical (unpaired) electrons. The van der Waals surface area contributed by atoms with Crippen molar-refractivity contribution in [1.82, 2.24) is 0 Å². The van der Waals surface area contributed by atoms with Crippen LogP contribution < -0.4 is 0 Å². The zero-order valence-corrected chi connectivity index (χ0v) is 19.0. The summed E-state index contributed by atoms with van der Waals surface area (Å²) in [5.41, 5.74) is 2.47. The molecule has 5 heteroatoms. The minimum Gasteiger partial charge on any atom is -0.494 e. The Bertz CT molecular complexity index is 1020. The molecule has 0 saturated heterocycles. The summed E-state index contributed by atoms with van der Waals surface area (Å²) in [6.45, 7) is 9.61. The highest BCUT2D eigenvalue weighted by Crippen LogP contribution is 2.37. The van der Waals surface area contributed by atoms with Crippen LogP contribution in [0, 0.1) is 11.6 Å². The summed E-state index contributed by atoms with van der Waals surface area (Å²) in [6, 6.07) is 10.4. The second-order valence-electron chi connectivity index (χ2n) is 8.53. The quantitative estimate of drug-likeness (QED) is 0.312. The molecule has 2 nitrogen and oxygen atoms in total. The predicted molar refractivity (Wildman–Crippen MR) is 126 cm³/mol. The normalized spacial score (nSPS) is 18.8. The van der Waals surface area contributed by atoms with E-state index in [1.807, 2.05) is 12.1 Å². The van der Waals surface area contributed by atoms with Gasteiger partial charge in [0.1, 0.15) is 11.6 Å². The molecule has 0 amide bonds. The molecule has 0 bridgehead atoms. The number of aryl methyl sites for hydroxylation is 1. The largest absolute Gasteiger partial charge is 0.494 e. The standard InChI is InChI=1S/C28H31F3O2/c1-4-33-19(3)17-26(29)18(2)5-6-20-7-9-21(10-8-20)24-15-16-25(28(31)27(24)30)22-11-13-23(32)14-12-22/h7-10,15-17,22-23,32H,2-6,11-14H2,1H3/b26-17+. The Morgan fingerprint density at radius 3 is 2.33 bits per heavy atom. The topological polar surface area (TPSA) is 29.5 Å². The van der Waals surface area contributed by atoms with Crippen LogP contribution in [0.25, 0.3) is 11.1 Å². The van der Waals surface area contributed by atoms with Crippen LogP contribution >= 0.6 is 0 Å². The highest BCUT2D eigenvalue weighted by atomic mass is 19.2. The molecule has 0 spiro atoms. The average molecular weight is 457 g/mol. The molecule has 1 aliphatic rings. The number of benzene rings is 2. The van der Waals surface area contributed by atoms with E-state index in [4.69, 9.17) is 4.74 Å². The summed E-state index contributed by atoms with van der Waals surface area (Å²) in [4.78, 5) is 0. The first-order chi connectivity index (χ1) is 15.8. The van der Waals surface area contributed by atoms with E-state index >= 15 is 0 Å². The second kappa shape index (κ2) is 11.4. The fourth-order valence-electron chi connectivity index (χ4n) is 4.23. The molecule has 1 N–H and O–H groups in total. The first-order valence-electron chi connectivity index (χ1n) is 11.4. The van der Waals surface area contributed by atoms with Crippen molar-refractivity contribution in [3.8, 4) is 11.1 Å². The van der Waals surface area contributed by atoms with Gasteiger partial charge in [0.05, 0.1) is 12.7 Å². The number of aliphatic hydroxyl groups excluding tert-OH is 1. The highest BCUT2D eigenvalue weighted by Gasteiger charge is 2.25. The van der Waals surface area contributed by atoms with Gasteiger partial charge >= 0.3 is 0 Å². The van der Waals surface area contributed by atoms with Gasteiger partial charge in [-0.2, -0.15) is 0 Å². The van der Waals surface area contributed by atoms with Gasteiger partial charge < -0.3 is 9.84 Å². The molecule has 0 aliphatic heterocycles. The number of allylic oxidation sites excluding steroid dienone is 3. The van der Waals surface area contributed by atoms with Crippen molar-refractivity contribution in [2.24, 2.45) is 0 Å². The molecular formula is C28H31F3O2. The van der Waals surface area contributed by atoms with Crippen LogP contribution in [-0.2, 0) is 11.2 Å². The fraction of sp³-hybridized carbons (Fsp3) is 0.357. The predicted octanol–water partition coefficient (Wildman–Crippen LogP) is 7.54. The highest BCUT2D eigenvalue weighted by molar-refractivity contribution is 5.65. The van der Waals surface area contributed by atoms with Gasteiger partial charge in [-0.1, -0.05) is 49.6 Å². The van der Waals surface area contributed by atoms with Gasteiger partial charge in [-0.15, -0.1) is 0 Å². The maximum absolute atomic E-state index is 14.9. The monoisotopic (exact) mass is 456 g/mol. The Hall–Kier alpha value is -2.79. The minimum atomic E-state index is -0.846. The van der Waals surface area contributed by atoms with Crippen molar-refractivity contribution in [2.45, 2.75) is 57.5 Å². The molecule has 0 unspecified atom stereocenters. The van der Waals surface area contributed by atoms with Crippen molar-refractivity contribution in [3.63, 3.8) is 0 Å². The molecule has 2 aromatic rings. The zero-order chi connectivity index (χ0) is 24.0. The van der Waals surface area contributed by atoms with E-state index in [2.05, 4.69) is 13.2 Å². The van der Waals surface area contributed by atoms with E-state index in [9.17, 15) is 18.3 Å². The SMILES string of the molecule is C=C(/C=C(/F)C(=C)CCc1ccc(-c2ccc(C3CCC(O)CC3)c(F)c2F)cc1)OCC. The molecule has 3 rings (SSSR count). The second-order valence-corrected chi connectivity index (χ2v) is 8.53. The van der Waals surface area contributed by atoms with E-state index < -0.39 is 17.5 Å². The summed E-state index contributed by atoms with van der Waals surface area (Å²) >= 11 is 0. The number of ether oxygens (including phenoxy) is 1. The van der Waals surface area contributed by atoms with Crippen molar-refractivity contribution in [1.29, 1.82) is 0 Å². The average Bonchev–Trinajstić information content (AvgIpc) is 2.80. The summed E-state index contributed by atoms with van der Waals surface area (Å²) in [6.07, 6.45) is 4.40. The maximum Gasteiger partial charge on any atom is 0.166 e. The number of hydrogen-bond donors (Lipinski definition) is 1. The smallest absolute Gasteiger partial charge is 0.166 e. The Kier molecular flexibility index (Phi) is 8.56. The lowest BCUT2D eigenvalue weighted by Crippen LogP contribution is -2.18. The van der Waals surface area contributed by atoms with Gasteiger partial charge in [0, 0.05) is 11.6 Å². The summed E-state index contributed by atoms with van der Waals surface area (Å²) < 4.78 is 49.0. The van der Waals surface area contributed by atoms with Gasteiger partial charge in [0.15, 0.2) is 11.6 Å². The van der Waals surface area contributed by atoms with Crippen molar-refractivity contribution in [3.05, 3.63) is 95.6 Å². The molecule has 2 aromatic carbocycles.